The van der Waals surface area contributed by atoms with Crippen molar-refractivity contribution in [3.63, 3.8) is 0 Å². The highest BCUT2D eigenvalue weighted by Crippen LogP contribution is 2.40. The summed E-state index contributed by atoms with van der Waals surface area (Å²) in [7, 11) is 0. The van der Waals surface area contributed by atoms with Crippen molar-refractivity contribution in [1.29, 1.82) is 5.26 Å². The molecule has 5 heteroatoms. The molecule has 20 heavy (non-hydrogen) atoms. The topological polar surface area (TPSA) is 76.6 Å². The number of aliphatic imine (C=N–C) groups is 1. The number of hydrogen-bond acceptors (Lipinski definition) is 5. The highest BCUT2D eigenvalue weighted by atomic mass is 32.1. The fourth-order valence-electron chi connectivity index (χ4n) is 2.38. The number of thiophene rings is 1. The number of nitriles is 1. The molecule has 1 aliphatic carbocycles. The zero-order valence-electron chi connectivity index (χ0n) is 10.6. The van der Waals surface area contributed by atoms with Crippen LogP contribution in [0.2, 0.25) is 0 Å². The molecule has 0 spiro atoms. The minimum Gasteiger partial charge on any atom is -0.504 e. The Hall–Kier alpha value is -2.32. The van der Waals surface area contributed by atoms with Gasteiger partial charge in [-0.25, -0.2) is 4.99 Å². The summed E-state index contributed by atoms with van der Waals surface area (Å²) in [4.78, 5) is 5.56. The van der Waals surface area contributed by atoms with Gasteiger partial charge in [-0.2, -0.15) is 5.26 Å². The first kappa shape index (κ1) is 12.7. The third kappa shape index (κ3) is 2.04. The number of fused-ring (bicyclic) bond motifs is 1. The van der Waals surface area contributed by atoms with Gasteiger partial charge in [0.2, 0.25) is 0 Å². The van der Waals surface area contributed by atoms with Crippen LogP contribution < -0.4 is 0 Å². The van der Waals surface area contributed by atoms with Gasteiger partial charge < -0.3 is 10.2 Å². The molecule has 4 nitrogen and oxygen atoms in total. The largest absolute Gasteiger partial charge is 0.504 e. The maximum atomic E-state index is 9.72. The van der Waals surface area contributed by atoms with E-state index in [9.17, 15) is 15.5 Å². The van der Waals surface area contributed by atoms with Crippen LogP contribution in [0.3, 0.4) is 0 Å². The van der Waals surface area contributed by atoms with Crippen molar-refractivity contribution in [2.24, 2.45) is 4.99 Å². The van der Waals surface area contributed by atoms with Crippen molar-refractivity contribution in [1.82, 2.24) is 0 Å². The third-order valence-electron chi connectivity index (χ3n) is 3.38. The predicted octanol–water partition coefficient (Wildman–Crippen LogP) is 3.27. The number of nitrogens with zero attached hydrogens (tertiary/aromatic N) is 2. The highest BCUT2D eigenvalue weighted by molar-refractivity contribution is 7.16. The van der Waals surface area contributed by atoms with Crippen LogP contribution >= 0.6 is 11.3 Å². The van der Waals surface area contributed by atoms with E-state index in [4.69, 9.17) is 0 Å². The van der Waals surface area contributed by atoms with Crippen LogP contribution in [0.15, 0.2) is 23.2 Å². The molecule has 1 heterocycles. The van der Waals surface area contributed by atoms with E-state index in [1.54, 1.807) is 12.1 Å². The Morgan fingerprint density at radius 2 is 2.15 bits per heavy atom. The van der Waals surface area contributed by atoms with Crippen molar-refractivity contribution in [3.8, 4) is 17.6 Å². The van der Waals surface area contributed by atoms with Gasteiger partial charge in [-0.15, -0.1) is 11.3 Å². The monoisotopic (exact) mass is 284 g/mol. The Kier molecular flexibility index (Phi) is 3.17. The van der Waals surface area contributed by atoms with E-state index >= 15 is 0 Å². The van der Waals surface area contributed by atoms with Gasteiger partial charge in [0.05, 0.1) is 5.56 Å². The van der Waals surface area contributed by atoms with Gasteiger partial charge in [-0.3, -0.25) is 0 Å². The second kappa shape index (κ2) is 4.99. The Bertz CT molecular complexity index is 741. The molecule has 0 unspecified atom stereocenters. The quantitative estimate of drug-likeness (QED) is 0.656. The van der Waals surface area contributed by atoms with E-state index < -0.39 is 0 Å². The average Bonchev–Trinajstić information content (AvgIpc) is 3.00. The van der Waals surface area contributed by atoms with E-state index in [-0.39, 0.29) is 11.5 Å². The summed E-state index contributed by atoms with van der Waals surface area (Å²) in [6, 6.07) is 6.93. The van der Waals surface area contributed by atoms with Crippen molar-refractivity contribution in [3.05, 3.63) is 39.8 Å². The Labute approximate surface area is 120 Å². The minimum absolute atomic E-state index is 0.178. The smallest absolute Gasteiger partial charge is 0.166 e. The van der Waals surface area contributed by atoms with Crippen molar-refractivity contribution >= 4 is 22.6 Å². The fraction of sp³-hybridized carbons (Fsp3) is 0.200. The maximum absolute atomic E-state index is 9.72. The molecule has 0 saturated carbocycles. The van der Waals surface area contributed by atoms with Crippen molar-refractivity contribution in [2.75, 3.05) is 0 Å². The number of phenols is 2. The Balaban J connectivity index is 1.98. The van der Waals surface area contributed by atoms with Gasteiger partial charge in [0.25, 0.3) is 0 Å². The first-order valence-electron chi connectivity index (χ1n) is 6.30. The molecule has 0 saturated heterocycles. The Morgan fingerprint density at radius 1 is 1.30 bits per heavy atom. The van der Waals surface area contributed by atoms with Crippen LogP contribution in [0.1, 0.15) is 28.0 Å². The SMILES string of the molecule is N#Cc1c(N=Cc2cccc(O)c2O)sc2c1CCC2. The van der Waals surface area contributed by atoms with Crippen LogP contribution in [0, 0.1) is 11.3 Å². The molecule has 100 valence electrons. The molecule has 0 fully saturated rings. The summed E-state index contributed by atoms with van der Waals surface area (Å²) in [6.07, 6.45) is 4.55. The fourth-order valence-corrected chi connectivity index (χ4v) is 3.56. The third-order valence-corrected chi connectivity index (χ3v) is 4.58. The number of benzene rings is 1. The van der Waals surface area contributed by atoms with Crippen LogP contribution in [0.5, 0.6) is 11.5 Å². The molecule has 0 atom stereocenters. The molecule has 3 rings (SSSR count). The molecule has 1 aromatic carbocycles. The highest BCUT2D eigenvalue weighted by Gasteiger charge is 2.21. The van der Waals surface area contributed by atoms with Crippen molar-refractivity contribution in [2.45, 2.75) is 19.3 Å². The van der Waals surface area contributed by atoms with E-state index in [1.807, 2.05) is 0 Å². The molecule has 0 aliphatic heterocycles. The molecule has 0 radical (unpaired) electrons. The molecule has 0 bridgehead atoms. The molecule has 1 aliphatic rings. The molecule has 0 amide bonds. The summed E-state index contributed by atoms with van der Waals surface area (Å²) in [5.41, 5.74) is 2.21. The van der Waals surface area contributed by atoms with E-state index in [2.05, 4.69) is 11.1 Å². The van der Waals surface area contributed by atoms with Crippen LogP contribution in [0.4, 0.5) is 5.00 Å². The molecule has 2 N–H and O–H groups in total. The van der Waals surface area contributed by atoms with Gasteiger partial charge in [0.1, 0.15) is 11.1 Å². The van der Waals surface area contributed by atoms with Crippen LogP contribution in [0.25, 0.3) is 0 Å². The average molecular weight is 284 g/mol. The van der Waals surface area contributed by atoms with Crippen molar-refractivity contribution < 1.29 is 10.2 Å². The molecular formula is C15H12N2O2S. The van der Waals surface area contributed by atoms with Gasteiger partial charge in [0, 0.05) is 16.7 Å². The second-order valence-corrected chi connectivity index (χ2v) is 5.71. The number of hydrogen-bond donors (Lipinski definition) is 2. The van der Waals surface area contributed by atoms with Gasteiger partial charge in [-0.05, 0) is 37.0 Å². The number of aryl methyl sites for hydroxylation is 1. The summed E-state index contributed by atoms with van der Waals surface area (Å²) in [5.74, 6) is -0.373. The van der Waals surface area contributed by atoms with E-state index in [1.165, 1.54) is 28.5 Å². The lowest BCUT2D eigenvalue weighted by molar-refractivity contribution is 0.403. The Morgan fingerprint density at radius 3 is 2.95 bits per heavy atom. The maximum Gasteiger partial charge on any atom is 0.166 e. The predicted molar refractivity (Wildman–Crippen MR) is 78.1 cm³/mol. The summed E-state index contributed by atoms with van der Waals surface area (Å²) in [6.45, 7) is 0. The zero-order valence-corrected chi connectivity index (χ0v) is 11.4. The normalized spacial score (nSPS) is 13.6. The van der Waals surface area contributed by atoms with E-state index in [0.717, 1.165) is 24.8 Å². The van der Waals surface area contributed by atoms with Gasteiger partial charge in [0.15, 0.2) is 11.5 Å². The lowest BCUT2D eigenvalue weighted by Gasteiger charge is -2.00. The van der Waals surface area contributed by atoms with Gasteiger partial charge in [-0.1, -0.05) is 6.07 Å². The first-order chi connectivity index (χ1) is 9.70. The summed E-state index contributed by atoms with van der Waals surface area (Å²) < 4.78 is 0. The first-order valence-corrected chi connectivity index (χ1v) is 7.12. The molecule has 2 aromatic rings. The number of phenolic OH excluding ortho intramolecular Hbond substituents is 2. The van der Waals surface area contributed by atoms with Crippen LogP contribution in [-0.2, 0) is 12.8 Å². The number of aromatic hydroxyl groups is 2. The standard InChI is InChI=1S/C15H12N2O2S/c16-7-11-10-4-2-6-13(10)20-15(11)17-8-9-3-1-5-12(18)14(9)19/h1,3,5,8,18-19H,2,4,6H2. The van der Waals surface area contributed by atoms with Gasteiger partial charge >= 0.3 is 0 Å². The number of rotatable bonds is 2. The van der Waals surface area contributed by atoms with Crippen LogP contribution in [-0.4, -0.2) is 16.4 Å². The number of para-hydroxylation sites is 1. The lowest BCUT2D eigenvalue weighted by atomic mass is 10.1. The zero-order chi connectivity index (χ0) is 14.1. The summed E-state index contributed by atoms with van der Waals surface area (Å²) >= 11 is 1.54. The minimum atomic E-state index is -0.196. The molecular weight excluding hydrogens is 272 g/mol. The summed E-state index contributed by atoms with van der Waals surface area (Å²) in [5, 5.41) is 29.1. The van der Waals surface area contributed by atoms with E-state index in [0.29, 0.717) is 16.1 Å². The molecule has 1 aromatic heterocycles. The second-order valence-electron chi connectivity index (χ2n) is 4.62. The lowest BCUT2D eigenvalue weighted by Crippen LogP contribution is -1.83.